The second-order valence-corrected chi connectivity index (χ2v) is 4.90. The first kappa shape index (κ1) is 14.0. The molecule has 0 bridgehead atoms. The second-order valence-electron chi connectivity index (χ2n) is 4.90. The van der Waals surface area contributed by atoms with Crippen LogP contribution in [0.2, 0.25) is 0 Å². The average Bonchev–Trinajstić information content (AvgIpc) is 2.16. The van der Waals surface area contributed by atoms with Crippen LogP contribution in [0.3, 0.4) is 0 Å². The molecule has 0 spiro atoms. The van der Waals surface area contributed by atoms with E-state index in [1.54, 1.807) is 0 Å². The first-order chi connectivity index (χ1) is 6.61. The molecule has 0 amide bonds. The quantitative estimate of drug-likeness (QED) is 0.626. The zero-order valence-electron chi connectivity index (χ0n) is 10.8. The zero-order valence-corrected chi connectivity index (χ0v) is 10.8. The largest absolute Gasteiger partial charge is 0.314 e. The summed E-state index contributed by atoms with van der Waals surface area (Å²) in [5.74, 6) is 1.66. The van der Waals surface area contributed by atoms with Crippen molar-refractivity contribution in [2.75, 3.05) is 6.54 Å². The highest BCUT2D eigenvalue weighted by Crippen LogP contribution is 2.15. The van der Waals surface area contributed by atoms with Gasteiger partial charge in [-0.15, -0.1) is 0 Å². The van der Waals surface area contributed by atoms with Gasteiger partial charge in [0.25, 0.3) is 0 Å². The van der Waals surface area contributed by atoms with Gasteiger partial charge in [-0.05, 0) is 37.6 Å². The molecule has 1 heteroatoms. The smallest absolute Gasteiger partial charge is 0.00901 e. The van der Waals surface area contributed by atoms with Gasteiger partial charge in [0.1, 0.15) is 0 Å². The van der Waals surface area contributed by atoms with Gasteiger partial charge in [0, 0.05) is 6.04 Å². The van der Waals surface area contributed by atoms with Gasteiger partial charge in [-0.2, -0.15) is 0 Å². The van der Waals surface area contributed by atoms with Gasteiger partial charge in [-0.25, -0.2) is 0 Å². The van der Waals surface area contributed by atoms with Crippen LogP contribution in [0.5, 0.6) is 0 Å². The van der Waals surface area contributed by atoms with E-state index >= 15 is 0 Å². The molecule has 1 N–H and O–H groups in total. The Kier molecular flexibility index (Phi) is 8.26. The summed E-state index contributed by atoms with van der Waals surface area (Å²) in [6.07, 6.45) is 5.27. The molecular formula is C13H29N. The summed E-state index contributed by atoms with van der Waals surface area (Å²) in [4.78, 5) is 0. The molecular weight excluding hydrogens is 170 g/mol. The molecule has 0 fully saturated rings. The van der Waals surface area contributed by atoms with Crippen molar-refractivity contribution < 1.29 is 0 Å². The molecule has 1 nitrogen and oxygen atoms in total. The lowest BCUT2D eigenvalue weighted by Gasteiger charge is -2.23. The van der Waals surface area contributed by atoms with Crippen LogP contribution in [0.4, 0.5) is 0 Å². The predicted octanol–water partition coefficient (Wildman–Crippen LogP) is 3.84. The van der Waals surface area contributed by atoms with Crippen molar-refractivity contribution in [3.63, 3.8) is 0 Å². The Morgan fingerprint density at radius 2 is 1.64 bits per heavy atom. The van der Waals surface area contributed by atoms with E-state index < -0.39 is 0 Å². The third kappa shape index (κ3) is 6.42. The van der Waals surface area contributed by atoms with Crippen LogP contribution in [0, 0.1) is 11.8 Å². The Bertz CT molecular complexity index is 120. The van der Waals surface area contributed by atoms with Crippen molar-refractivity contribution >= 4 is 0 Å². The van der Waals surface area contributed by atoms with Gasteiger partial charge in [0.2, 0.25) is 0 Å². The molecule has 0 heterocycles. The van der Waals surface area contributed by atoms with Crippen molar-refractivity contribution in [1.29, 1.82) is 0 Å². The van der Waals surface area contributed by atoms with Gasteiger partial charge >= 0.3 is 0 Å². The fraction of sp³-hybridized carbons (Fsp3) is 1.00. The van der Waals surface area contributed by atoms with E-state index in [2.05, 4.69) is 39.9 Å². The fourth-order valence-corrected chi connectivity index (χ4v) is 1.67. The first-order valence-corrected chi connectivity index (χ1v) is 6.35. The summed E-state index contributed by atoms with van der Waals surface area (Å²) in [6, 6.07) is 0.726. The maximum Gasteiger partial charge on any atom is 0.00901 e. The zero-order chi connectivity index (χ0) is 11.0. The minimum Gasteiger partial charge on any atom is -0.314 e. The molecule has 0 radical (unpaired) electrons. The average molecular weight is 199 g/mol. The molecule has 0 aliphatic carbocycles. The molecule has 0 aromatic rings. The summed E-state index contributed by atoms with van der Waals surface area (Å²) in [5.41, 5.74) is 0. The summed E-state index contributed by atoms with van der Waals surface area (Å²) in [5, 5.41) is 3.65. The molecule has 0 saturated carbocycles. The first-order valence-electron chi connectivity index (χ1n) is 6.35. The Balaban J connectivity index is 3.73. The molecule has 0 saturated heterocycles. The van der Waals surface area contributed by atoms with Gasteiger partial charge in [-0.3, -0.25) is 0 Å². The van der Waals surface area contributed by atoms with Gasteiger partial charge in [-0.1, -0.05) is 41.0 Å². The van der Waals surface area contributed by atoms with Crippen LogP contribution in [0.1, 0.15) is 60.3 Å². The van der Waals surface area contributed by atoms with Gasteiger partial charge in [0.05, 0.1) is 0 Å². The van der Waals surface area contributed by atoms with Crippen LogP contribution >= 0.6 is 0 Å². The Morgan fingerprint density at radius 3 is 2.07 bits per heavy atom. The highest BCUT2D eigenvalue weighted by molar-refractivity contribution is 4.71. The van der Waals surface area contributed by atoms with Crippen LogP contribution in [-0.4, -0.2) is 12.6 Å². The third-order valence-electron chi connectivity index (χ3n) is 3.13. The van der Waals surface area contributed by atoms with Crippen LogP contribution < -0.4 is 5.32 Å². The maximum atomic E-state index is 3.65. The summed E-state index contributed by atoms with van der Waals surface area (Å²) < 4.78 is 0. The molecule has 0 rings (SSSR count). The molecule has 2 unspecified atom stereocenters. The number of nitrogens with one attached hydrogen (secondary N) is 1. The van der Waals surface area contributed by atoms with E-state index in [4.69, 9.17) is 0 Å². The van der Waals surface area contributed by atoms with Crippen LogP contribution in [0.15, 0.2) is 0 Å². The molecule has 0 aromatic carbocycles. The van der Waals surface area contributed by atoms with Crippen molar-refractivity contribution in [3.05, 3.63) is 0 Å². The van der Waals surface area contributed by atoms with Crippen LogP contribution in [0.25, 0.3) is 0 Å². The minimum absolute atomic E-state index is 0.726. The number of rotatable bonds is 8. The standard InChI is InChI=1S/C13H29N/c1-6-10-14-13(11(3)4)9-8-12(5)7-2/h11-14H,6-10H2,1-5H3. The SMILES string of the molecule is CCCNC(CCC(C)CC)C(C)C. The van der Waals surface area contributed by atoms with Crippen molar-refractivity contribution in [3.8, 4) is 0 Å². The lowest BCUT2D eigenvalue weighted by molar-refractivity contribution is 0.343. The van der Waals surface area contributed by atoms with Crippen molar-refractivity contribution in [2.45, 2.75) is 66.3 Å². The maximum absolute atomic E-state index is 3.65. The third-order valence-corrected chi connectivity index (χ3v) is 3.13. The summed E-state index contributed by atoms with van der Waals surface area (Å²) in [7, 11) is 0. The van der Waals surface area contributed by atoms with Crippen molar-refractivity contribution in [1.82, 2.24) is 5.32 Å². The molecule has 0 aliphatic rings. The normalized spacial score (nSPS) is 15.9. The summed E-state index contributed by atoms with van der Waals surface area (Å²) >= 11 is 0. The Hall–Kier alpha value is -0.0400. The van der Waals surface area contributed by atoms with E-state index in [0.29, 0.717) is 0 Å². The van der Waals surface area contributed by atoms with E-state index in [1.807, 2.05) is 0 Å². The lowest BCUT2D eigenvalue weighted by Crippen LogP contribution is -2.34. The van der Waals surface area contributed by atoms with Gasteiger partial charge < -0.3 is 5.32 Å². The van der Waals surface area contributed by atoms with E-state index in [9.17, 15) is 0 Å². The molecule has 86 valence electrons. The Morgan fingerprint density at radius 1 is 1.00 bits per heavy atom. The van der Waals surface area contributed by atoms with Crippen LogP contribution in [-0.2, 0) is 0 Å². The summed E-state index contributed by atoms with van der Waals surface area (Å²) in [6.45, 7) is 12.7. The predicted molar refractivity (Wildman–Crippen MR) is 65.6 cm³/mol. The Labute approximate surface area is 90.7 Å². The number of hydrogen-bond acceptors (Lipinski definition) is 1. The monoisotopic (exact) mass is 199 g/mol. The molecule has 2 atom stereocenters. The molecule has 0 aromatic heterocycles. The van der Waals surface area contributed by atoms with Crippen molar-refractivity contribution in [2.24, 2.45) is 11.8 Å². The fourth-order valence-electron chi connectivity index (χ4n) is 1.67. The minimum atomic E-state index is 0.726. The second kappa shape index (κ2) is 8.28. The highest BCUT2D eigenvalue weighted by atomic mass is 14.9. The highest BCUT2D eigenvalue weighted by Gasteiger charge is 2.12. The molecule has 0 aliphatic heterocycles. The van der Waals surface area contributed by atoms with E-state index in [-0.39, 0.29) is 0 Å². The van der Waals surface area contributed by atoms with E-state index in [0.717, 1.165) is 17.9 Å². The topological polar surface area (TPSA) is 12.0 Å². The molecule has 14 heavy (non-hydrogen) atoms. The van der Waals surface area contributed by atoms with Gasteiger partial charge in [0.15, 0.2) is 0 Å². The number of hydrogen-bond donors (Lipinski definition) is 1. The van der Waals surface area contributed by atoms with E-state index in [1.165, 1.54) is 32.2 Å². The lowest BCUT2D eigenvalue weighted by atomic mass is 9.93.